The van der Waals surface area contributed by atoms with E-state index in [1.807, 2.05) is 0 Å². The SMILES string of the molecule is CN1C(=O)CCc2c1ccc(O)c2Br. The largest absolute Gasteiger partial charge is 0.507 e. The van der Waals surface area contributed by atoms with E-state index in [0.29, 0.717) is 17.3 Å². The molecule has 3 nitrogen and oxygen atoms in total. The summed E-state index contributed by atoms with van der Waals surface area (Å²) in [5, 5.41) is 9.48. The molecule has 1 amide bonds. The molecule has 1 aromatic carbocycles. The average Bonchev–Trinajstić information content (AvgIpc) is 2.17. The van der Waals surface area contributed by atoms with Crippen molar-refractivity contribution in [1.29, 1.82) is 0 Å². The number of amides is 1. The molecule has 0 saturated heterocycles. The van der Waals surface area contributed by atoms with Crippen molar-refractivity contribution >= 4 is 27.5 Å². The number of rotatable bonds is 0. The van der Waals surface area contributed by atoms with Crippen molar-refractivity contribution in [3.63, 3.8) is 0 Å². The Bertz CT molecular complexity index is 403. The van der Waals surface area contributed by atoms with Gasteiger partial charge in [0.05, 0.1) is 4.47 Å². The van der Waals surface area contributed by atoms with Crippen molar-refractivity contribution in [2.45, 2.75) is 12.8 Å². The van der Waals surface area contributed by atoms with Gasteiger partial charge in [0.1, 0.15) is 5.75 Å². The molecule has 0 saturated carbocycles. The topological polar surface area (TPSA) is 40.5 Å². The Kier molecular flexibility index (Phi) is 2.23. The number of aromatic hydroxyl groups is 1. The number of carbonyl (C=O) groups is 1. The quantitative estimate of drug-likeness (QED) is 0.771. The summed E-state index contributed by atoms with van der Waals surface area (Å²) in [6, 6.07) is 3.37. The van der Waals surface area contributed by atoms with Crippen LogP contribution in [0.1, 0.15) is 12.0 Å². The fourth-order valence-electron chi connectivity index (χ4n) is 1.68. The van der Waals surface area contributed by atoms with Crippen molar-refractivity contribution in [2.75, 3.05) is 11.9 Å². The van der Waals surface area contributed by atoms with Crippen LogP contribution in [0.15, 0.2) is 16.6 Å². The molecule has 0 spiro atoms. The number of hydrogen-bond donors (Lipinski definition) is 1. The normalized spacial score (nSPS) is 15.6. The first-order valence-corrected chi connectivity index (χ1v) is 5.17. The molecule has 0 aliphatic carbocycles. The van der Waals surface area contributed by atoms with Crippen molar-refractivity contribution in [1.82, 2.24) is 0 Å². The molecule has 0 bridgehead atoms. The van der Waals surface area contributed by atoms with Crippen LogP contribution in [-0.4, -0.2) is 18.1 Å². The van der Waals surface area contributed by atoms with E-state index >= 15 is 0 Å². The minimum absolute atomic E-state index is 0.120. The summed E-state index contributed by atoms with van der Waals surface area (Å²) in [5.41, 5.74) is 1.89. The third kappa shape index (κ3) is 1.30. The number of benzene rings is 1. The lowest BCUT2D eigenvalue weighted by Gasteiger charge is -2.26. The summed E-state index contributed by atoms with van der Waals surface area (Å²) in [4.78, 5) is 13.0. The molecule has 74 valence electrons. The van der Waals surface area contributed by atoms with Gasteiger partial charge in [-0.1, -0.05) is 0 Å². The van der Waals surface area contributed by atoms with Crippen LogP contribution in [0.3, 0.4) is 0 Å². The molecule has 2 rings (SSSR count). The molecule has 0 aromatic heterocycles. The number of halogens is 1. The molecular formula is C10H10BrNO2. The van der Waals surface area contributed by atoms with Gasteiger partial charge in [0.2, 0.25) is 5.91 Å². The van der Waals surface area contributed by atoms with Crippen LogP contribution in [0, 0.1) is 0 Å². The van der Waals surface area contributed by atoms with E-state index in [0.717, 1.165) is 11.3 Å². The van der Waals surface area contributed by atoms with Crippen molar-refractivity contribution < 1.29 is 9.90 Å². The fraction of sp³-hybridized carbons (Fsp3) is 0.300. The number of fused-ring (bicyclic) bond motifs is 1. The number of carbonyl (C=O) groups excluding carboxylic acids is 1. The van der Waals surface area contributed by atoms with Crippen LogP contribution < -0.4 is 4.90 Å². The number of phenols is 1. The second-order valence-electron chi connectivity index (χ2n) is 3.35. The van der Waals surface area contributed by atoms with E-state index < -0.39 is 0 Å². The molecule has 0 fully saturated rings. The monoisotopic (exact) mass is 255 g/mol. The molecule has 1 heterocycles. The van der Waals surface area contributed by atoms with Crippen LogP contribution in [0.2, 0.25) is 0 Å². The van der Waals surface area contributed by atoms with Crippen LogP contribution in [0.25, 0.3) is 0 Å². The van der Waals surface area contributed by atoms with Crippen LogP contribution in [0.5, 0.6) is 5.75 Å². The highest BCUT2D eigenvalue weighted by molar-refractivity contribution is 9.10. The van der Waals surface area contributed by atoms with Gasteiger partial charge in [0, 0.05) is 19.2 Å². The van der Waals surface area contributed by atoms with Gasteiger partial charge in [-0.2, -0.15) is 0 Å². The van der Waals surface area contributed by atoms with Crippen molar-refractivity contribution in [3.05, 3.63) is 22.2 Å². The lowest BCUT2D eigenvalue weighted by molar-refractivity contribution is -0.118. The fourth-order valence-corrected chi connectivity index (χ4v) is 2.22. The Balaban J connectivity index is 2.59. The van der Waals surface area contributed by atoms with Crippen molar-refractivity contribution in [2.24, 2.45) is 0 Å². The summed E-state index contributed by atoms with van der Waals surface area (Å²) < 4.78 is 0.703. The number of anilines is 1. The summed E-state index contributed by atoms with van der Waals surface area (Å²) in [5.74, 6) is 0.349. The summed E-state index contributed by atoms with van der Waals surface area (Å²) in [6.07, 6.45) is 1.19. The van der Waals surface area contributed by atoms with Crippen molar-refractivity contribution in [3.8, 4) is 5.75 Å². The standard InChI is InChI=1S/C10H10BrNO2/c1-12-7-3-4-8(13)10(11)6(7)2-5-9(12)14/h3-4,13H,2,5H2,1H3. The number of nitrogens with zero attached hydrogens (tertiary/aromatic N) is 1. The van der Waals surface area contributed by atoms with Crippen LogP contribution in [0.4, 0.5) is 5.69 Å². The molecule has 0 unspecified atom stereocenters. The van der Waals surface area contributed by atoms with Gasteiger partial charge in [-0.05, 0) is 40.0 Å². The second-order valence-corrected chi connectivity index (χ2v) is 4.14. The molecule has 1 aromatic rings. The van der Waals surface area contributed by atoms with Gasteiger partial charge >= 0.3 is 0 Å². The smallest absolute Gasteiger partial charge is 0.227 e. The third-order valence-corrected chi connectivity index (χ3v) is 3.41. The van der Waals surface area contributed by atoms with E-state index in [1.54, 1.807) is 24.1 Å². The zero-order chi connectivity index (χ0) is 10.3. The summed E-state index contributed by atoms with van der Waals surface area (Å²) in [6.45, 7) is 0. The first kappa shape index (κ1) is 9.52. The summed E-state index contributed by atoms with van der Waals surface area (Å²) in [7, 11) is 1.75. The Labute approximate surface area is 90.5 Å². The van der Waals surface area contributed by atoms with E-state index in [-0.39, 0.29) is 11.7 Å². The Morgan fingerprint density at radius 1 is 1.43 bits per heavy atom. The number of hydrogen-bond acceptors (Lipinski definition) is 2. The lowest BCUT2D eigenvalue weighted by atomic mass is 10.0. The van der Waals surface area contributed by atoms with E-state index in [4.69, 9.17) is 0 Å². The van der Waals surface area contributed by atoms with Gasteiger partial charge < -0.3 is 10.0 Å². The van der Waals surface area contributed by atoms with Gasteiger partial charge in [-0.15, -0.1) is 0 Å². The molecule has 1 aliphatic rings. The second kappa shape index (κ2) is 3.28. The van der Waals surface area contributed by atoms with E-state index in [1.165, 1.54) is 0 Å². The first-order chi connectivity index (χ1) is 6.61. The summed E-state index contributed by atoms with van der Waals surface area (Å²) >= 11 is 3.33. The number of phenolic OH excluding ortho intramolecular Hbond substituents is 1. The molecule has 4 heteroatoms. The van der Waals surface area contributed by atoms with Crippen LogP contribution >= 0.6 is 15.9 Å². The average molecular weight is 256 g/mol. The first-order valence-electron chi connectivity index (χ1n) is 4.38. The highest BCUT2D eigenvalue weighted by Crippen LogP contribution is 2.37. The predicted molar refractivity (Wildman–Crippen MR) is 57.5 cm³/mol. The molecule has 1 aliphatic heterocycles. The lowest BCUT2D eigenvalue weighted by Crippen LogP contribution is -2.31. The van der Waals surface area contributed by atoms with Gasteiger partial charge in [0.15, 0.2) is 0 Å². The Hall–Kier alpha value is -1.03. The molecule has 0 atom stereocenters. The highest BCUT2D eigenvalue weighted by Gasteiger charge is 2.23. The van der Waals surface area contributed by atoms with E-state index in [2.05, 4.69) is 15.9 Å². The zero-order valence-electron chi connectivity index (χ0n) is 7.75. The highest BCUT2D eigenvalue weighted by atomic mass is 79.9. The van der Waals surface area contributed by atoms with E-state index in [9.17, 15) is 9.90 Å². The zero-order valence-corrected chi connectivity index (χ0v) is 9.34. The maximum absolute atomic E-state index is 11.4. The third-order valence-electron chi connectivity index (χ3n) is 2.52. The minimum Gasteiger partial charge on any atom is -0.507 e. The maximum Gasteiger partial charge on any atom is 0.227 e. The maximum atomic E-state index is 11.4. The molecule has 14 heavy (non-hydrogen) atoms. The van der Waals surface area contributed by atoms with Gasteiger partial charge in [0.25, 0.3) is 0 Å². The molecular weight excluding hydrogens is 246 g/mol. The Morgan fingerprint density at radius 3 is 2.86 bits per heavy atom. The predicted octanol–water partition coefficient (Wildman–Crippen LogP) is 2.06. The van der Waals surface area contributed by atoms with Gasteiger partial charge in [-0.25, -0.2) is 0 Å². The van der Waals surface area contributed by atoms with Crippen LogP contribution in [-0.2, 0) is 11.2 Å². The molecule has 0 radical (unpaired) electrons. The molecule has 1 N–H and O–H groups in total. The minimum atomic E-state index is 0.120. The van der Waals surface area contributed by atoms with Gasteiger partial charge in [-0.3, -0.25) is 4.79 Å². The Morgan fingerprint density at radius 2 is 2.14 bits per heavy atom.